The third kappa shape index (κ3) is 3.36. The number of nitrogens with one attached hydrogen (secondary N) is 1. The van der Waals surface area contributed by atoms with Crippen molar-refractivity contribution >= 4 is 23.2 Å². The van der Waals surface area contributed by atoms with Crippen LogP contribution in [0.2, 0.25) is 0 Å². The Kier molecular flexibility index (Phi) is 4.75. The molecule has 0 spiro atoms. The smallest absolute Gasteiger partial charge is 0.245 e. The molecule has 0 aromatic carbocycles. The molecule has 1 N–H and O–H groups in total. The van der Waals surface area contributed by atoms with Crippen molar-refractivity contribution in [2.24, 2.45) is 5.92 Å². The summed E-state index contributed by atoms with van der Waals surface area (Å²) in [6.45, 7) is 6.44. The van der Waals surface area contributed by atoms with Crippen LogP contribution in [0.15, 0.2) is 11.6 Å². The van der Waals surface area contributed by atoms with Crippen LogP contribution in [-0.2, 0) is 16.0 Å². The summed E-state index contributed by atoms with van der Waals surface area (Å²) in [6.07, 6.45) is 3.15. The molecule has 110 valence electrons. The molecule has 1 aromatic heterocycles. The van der Waals surface area contributed by atoms with Crippen molar-refractivity contribution in [3.05, 3.63) is 16.6 Å². The molecule has 0 aliphatic carbocycles. The van der Waals surface area contributed by atoms with E-state index in [0.29, 0.717) is 25.3 Å². The van der Waals surface area contributed by atoms with Gasteiger partial charge in [0.2, 0.25) is 11.8 Å². The van der Waals surface area contributed by atoms with Crippen molar-refractivity contribution in [2.45, 2.75) is 45.7 Å². The van der Waals surface area contributed by atoms with Gasteiger partial charge in [0.15, 0.2) is 0 Å². The molecule has 0 saturated carbocycles. The van der Waals surface area contributed by atoms with Gasteiger partial charge in [0.05, 0.1) is 5.01 Å². The molecular weight excluding hydrogens is 274 g/mol. The number of amides is 2. The maximum absolute atomic E-state index is 12.5. The molecule has 5 nitrogen and oxygen atoms in total. The summed E-state index contributed by atoms with van der Waals surface area (Å²) in [6, 6.07) is -0.777. The van der Waals surface area contributed by atoms with E-state index in [4.69, 9.17) is 0 Å². The molecule has 20 heavy (non-hydrogen) atoms. The molecule has 2 rings (SSSR count). The average Bonchev–Trinajstić information content (AvgIpc) is 2.88. The van der Waals surface area contributed by atoms with Gasteiger partial charge >= 0.3 is 0 Å². The summed E-state index contributed by atoms with van der Waals surface area (Å²) in [5, 5.41) is 5.75. The van der Waals surface area contributed by atoms with Crippen LogP contribution >= 0.6 is 11.3 Å². The lowest BCUT2D eigenvalue weighted by atomic mass is 9.99. The Balaban J connectivity index is 2.03. The first-order chi connectivity index (χ1) is 9.49. The van der Waals surface area contributed by atoms with Crippen LogP contribution in [0, 0.1) is 5.92 Å². The second-order valence-electron chi connectivity index (χ2n) is 5.57. The predicted molar refractivity (Wildman–Crippen MR) is 78.4 cm³/mol. The topological polar surface area (TPSA) is 62.3 Å². The zero-order chi connectivity index (χ0) is 14.7. The highest BCUT2D eigenvalue weighted by Crippen LogP contribution is 2.16. The molecule has 1 fully saturated rings. The highest BCUT2D eigenvalue weighted by Gasteiger charge is 2.37. The molecule has 2 heterocycles. The summed E-state index contributed by atoms with van der Waals surface area (Å²) in [4.78, 5) is 30.4. The first kappa shape index (κ1) is 15.0. The van der Waals surface area contributed by atoms with E-state index in [9.17, 15) is 9.59 Å². The van der Waals surface area contributed by atoms with E-state index >= 15 is 0 Å². The van der Waals surface area contributed by atoms with Crippen molar-refractivity contribution in [3.8, 4) is 0 Å². The molecule has 2 atom stereocenters. The van der Waals surface area contributed by atoms with E-state index in [-0.39, 0.29) is 17.9 Å². The van der Waals surface area contributed by atoms with Crippen molar-refractivity contribution in [2.75, 3.05) is 6.54 Å². The molecule has 1 aliphatic heterocycles. The van der Waals surface area contributed by atoms with Gasteiger partial charge in [0.1, 0.15) is 12.1 Å². The Bertz CT molecular complexity index is 473. The number of aromatic nitrogens is 1. The third-order valence-corrected chi connectivity index (χ3v) is 4.34. The highest BCUT2D eigenvalue weighted by molar-refractivity contribution is 7.09. The Labute approximate surface area is 123 Å². The summed E-state index contributed by atoms with van der Waals surface area (Å²) in [7, 11) is 0. The van der Waals surface area contributed by atoms with Crippen LogP contribution in [0.5, 0.6) is 0 Å². The zero-order valence-corrected chi connectivity index (χ0v) is 12.9. The zero-order valence-electron chi connectivity index (χ0n) is 12.1. The van der Waals surface area contributed by atoms with E-state index in [1.807, 2.05) is 5.38 Å². The first-order valence-electron chi connectivity index (χ1n) is 6.98. The largest absolute Gasteiger partial charge is 0.343 e. The van der Waals surface area contributed by atoms with Crippen molar-refractivity contribution < 1.29 is 9.59 Å². The molecule has 2 amide bonds. The summed E-state index contributed by atoms with van der Waals surface area (Å²) >= 11 is 1.58. The Morgan fingerprint density at radius 3 is 2.80 bits per heavy atom. The van der Waals surface area contributed by atoms with Crippen LogP contribution < -0.4 is 5.32 Å². The van der Waals surface area contributed by atoms with E-state index in [1.165, 1.54) is 0 Å². The lowest BCUT2D eigenvalue weighted by molar-refractivity contribution is -0.149. The molecule has 6 heteroatoms. The van der Waals surface area contributed by atoms with E-state index in [1.54, 1.807) is 29.4 Å². The van der Waals surface area contributed by atoms with Gasteiger partial charge in [-0.1, -0.05) is 13.8 Å². The fourth-order valence-electron chi connectivity index (χ4n) is 2.41. The second kappa shape index (κ2) is 6.35. The molecule has 0 bridgehead atoms. The van der Waals surface area contributed by atoms with Gasteiger partial charge in [0.25, 0.3) is 0 Å². The van der Waals surface area contributed by atoms with E-state index < -0.39 is 6.04 Å². The average molecular weight is 295 g/mol. The normalized spacial score (nSPS) is 23.3. The fourth-order valence-corrected chi connectivity index (χ4v) is 3.02. The van der Waals surface area contributed by atoms with Gasteiger partial charge in [-0.25, -0.2) is 4.98 Å². The molecule has 0 radical (unpaired) electrons. The summed E-state index contributed by atoms with van der Waals surface area (Å²) in [5.41, 5.74) is 0. The maximum Gasteiger partial charge on any atom is 0.245 e. The van der Waals surface area contributed by atoms with Gasteiger partial charge < -0.3 is 10.2 Å². The molecular formula is C14H21N3O2S. The molecule has 1 saturated heterocycles. The van der Waals surface area contributed by atoms with Gasteiger partial charge in [-0.05, 0) is 19.3 Å². The van der Waals surface area contributed by atoms with Crippen LogP contribution in [0.25, 0.3) is 0 Å². The van der Waals surface area contributed by atoms with E-state index in [0.717, 1.165) is 5.01 Å². The lowest BCUT2D eigenvalue weighted by Crippen LogP contribution is -2.62. The number of rotatable bonds is 5. The van der Waals surface area contributed by atoms with Crippen LogP contribution in [0.1, 0.15) is 32.2 Å². The second-order valence-corrected chi connectivity index (χ2v) is 6.55. The standard InChI is InChI=1S/C14H21N3O2S/c1-9(2)8-11-14(19)17(10(3)13(18)16-11)6-4-12-15-5-7-20-12/h5,7,9-11H,4,6,8H2,1-3H3,(H,16,18). The number of nitrogens with zero attached hydrogens (tertiary/aromatic N) is 2. The Morgan fingerprint density at radius 2 is 2.20 bits per heavy atom. The Hall–Kier alpha value is -1.43. The Morgan fingerprint density at radius 1 is 1.45 bits per heavy atom. The van der Waals surface area contributed by atoms with Crippen LogP contribution in [0.3, 0.4) is 0 Å². The lowest BCUT2D eigenvalue weighted by Gasteiger charge is -2.37. The first-order valence-corrected chi connectivity index (χ1v) is 7.86. The van der Waals surface area contributed by atoms with Crippen LogP contribution in [0.4, 0.5) is 0 Å². The van der Waals surface area contributed by atoms with Gasteiger partial charge in [-0.3, -0.25) is 9.59 Å². The van der Waals surface area contributed by atoms with Gasteiger partial charge in [-0.15, -0.1) is 11.3 Å². The molecule has 1 aromatic rings. The number of hydrogen-bond acceptors (Lipinski definition) is 4. The summed E-state index contributed by atoms with van der Waals surface area (Å²) in [5.74, 6) is 0.343. The summed E-state index contributed by atoms with van der Waals surface area (Å²) < 4.78 is 0. The minimum absolute atomic E-state index is 0.0300. The van der Waals surface area contributed by atoms with E-state index in [2.05, 4.69) is 24.1 Å². The minimum Gasteiger partial charge on any atom is -0.343 e. The van der Waals surface area contributed by atoms with Crippen molar-refractivity contribution in [1.29, 1.82) is 0 Å². The van der Waals surface area contributed by atoms with Crippen molar-refractivity contribution in [1.82, 2.24) is 15.2 Å². The minimum atomic E-state index is -0.397. The maximum atomic E-state index is 12.5. The van der Waals surface area contributed by atoms with Crippen molar-refractivity contribution in [3.63, 3.8) is 0 Å². The number of carbonyl (C=O) groups excluding carboxylic acids is 2. The fraction of sp³-hybridized carbons (Fsp3) is 0.643. The number of piperazine rings is 1. The molecule has 1 aliphatic rings. The number of hydrogen-bond donors (Lipinski definition) is 1. The quantitative estimate of drug-likeness (QED) is 0.894. The predicted octanol–water partition coefficient (Wildman–Crippen LogP) is 1.45. The number of carbonyl (C=O) groups is 2. The van der Waals surface area contributed by atoms with Gasteiger partial charge in [0, 0.05) is 24.5 Å². The SMILES string of the molecule is CC(C)CC1NC(=O)C(C)N(CCc2nccs2)C1=O. The highest BCUT2D eigenvalue weighted by atomic mass is 32.1. The monoisotopic (exact) mass is 295 g/mol. The third-order valence-electron chi connectivity index (χ3n) is 3.50. The van der Waals surface area contributed by atoms with Crippen LogP contribution in [-0.4, -0.2) is 40.3 Å². The molecule has 2 unspecified atom stereocenters. The van der Waals surface area contributed by atoms with Gasteiger partial charge in [-0.2, -0.15) is 0 Å². The number of thiazole rings is 1.